The Balaban J connectivity index is 1.54. The van der Waals surface area contributed by atoms with Crippen LogP contribution in [0.2, 0.25) is 24.2 Å². The molecule has 0 spiro atoms. The normalized spacial score (nSPS) is 11.2. The van der Waals surface area contributed by atoms with Gasteiger partial charge >= 0.3 is 0 Å². The van der Waals surface area contributed by atoms with Crippen molar-refractivity contribution in [2.75, 3.05) is 56.9 Å². The van der Waals surface area contributed by atoms with Gasteiger partial charge in [0.1, 0.15) is 0 Å². The van der Waals surface area contributed by atoms with E-state index in [1.54, 1.807) is 56.9 Å². The second-order valence-electron chi connectivity index (χ2n) is 13.8. The predicted octanol–water partition coefficient (Wildman–Crippen LogP) is 6.95. The molecule has 0 heterocycles. The largest absolute Gasteiger partial charge is 0.493 e. The topological polar surface area (TPSA) is 73.8 Å². The summed E-state index contributed by atoms with van der Waals surface area (Å²) in [5.74, 6) is 6.64. The zero-order valence-electron chi connectivity index (χ0n) is 35.2. The fraction of sp³-hybridized carbons (Fsp3) is 0.467. The monoisotopic (exact) mass is 840 g/mol. The Morgan fingerprint density at radius 1 is 0.333 bits per heavy atom. The predicted molar refractivity (Wildman–Crippen MR) is 238 cm³/mol. The number of benzene rings is 4. The molecule has 0 aromatic heterocycles. The van der Waals surface area contributed by atoms with Crippen LogP contribution in [-0.4, -0.2) is 95.0 Å². The molecule has 0 bridgehead atoms. The van der Waals surface area contributed by atoms with Crippen LogP contribution < -0.4 is 58.6 Å². The molecule has 4 aromatic carbocycles. The third-order valence-electron chi connectivity index (χ3n) is 10.4. The van der Waals surface area contributed by atoms with Crippen LogP contribution in [0.3, 0.4) is 0 Å². The first-order chi connectivity index (χ1) is 27.9. The van der Waals surface area contributed by atoms with Gasteiger partial charge in [0.25, 0.3) is 0 Å². The molecule has 0 aliphatic rings. The summed E-state index contributed by atoms with van der Waals surface area (Å²) in [4.78, 5) is 0. The maximum absolute atomic E-state index is 5.80. The third kappa shape index (κ3) is 13.1. The Morgan fingerprint density at radius 3 is 0.754 bits per heavy atom. The Morgan fingerprint density at radius 2 is 0.561 bits per heavy atom. The molecule has 8 radical (unpaired) electrons. The second kappa shape index (κ2) is 24.8. The van der Waals surface area contributed by atoms with E-state index in [1.165, 1.54) is 72.1 Å². The molecule has 304 valence electrons. The van der Waals surface area contributed by atoms with Crippen molar-refractivity contribution in [1.29, 1.82) is 0 Å². The van der Waals surface area contributed by atoms with E-state index in [-0.39, 0.29) is 5.41 Å². The highest BCUT2D eigenvalue weighted by Gasteiger charge is 2.29. The van der Waals surface area contributed by atoms with Gasteiger partial charge in [0.15, 0.2) is 46.0 Å². The van der Waals surface area contributed by atoms with Crippen molar-refractivity contribution >= 4 is 58.8 Å². The summed E-state index contributed by atoms with van der Waals surface area (Å²) in [7, 11) is 16.4. The molecule has 0 unspecified atom stereocenters. The smallest absolute Gasteiger partial charge is 0.160 e. The minimum atomic E-state index is 0.234. The molecule has 0 N–H and O–H groups in total. The number of hydrogen-bond acceptors (Lipinski definition) is 8. The average molecular weight is 841 g/mol. The molecule has 12 heteroatoms. The van der Waals surface area contributed by atoms with Gasteiger partial charge in [-0.1, -0.05) is 98.4 Å². The molecular formula is C45H60O8Si4. The van der Waals surface area contributed by atoms with Gasteiger partial charge in [-0.3, -0.25) is 0 Å². The first-order valence-corrected chi connectivity index (χ1v) is 24.5. The van der Waals surface area contributed by atoms with Crippen LogP contribution in [0.25, 0.3) is 0 Å². The Labute approximate surface area is 351 Å². The minimum Gasteiger partial charge on any atom is -0.493 e. The van der Waals surface area contributed by atoms with Gasteiger partial charge in [-0.2, -0.15) is 0 Å². The van der Waals surface area contributed by atoms with Gasteiger partial charge in [-0.15, -0.1) is 0 Å². The van der Waals surface area contributed by atoms with E-state index in [1.807, 2.05) is 24.3 Å². The first kappa shape index (κ1) is 45.8. The van der Waals surface area contributed by atoms with Gasteiger partial charge in [0.2, 0.25) is 0 Å². The number of rotatable bonds is 28. The lowest BCUT2D eigenvalue weighted by atomic mass is 9.72. The average Bonchev–Trinajstić information content (AvgIpc) is 3.25. The molecule has 8 nitrogen and oxygen atoms in total. The molecule has 0 saturated carbocycles. The fourth-order valence-electron chi connectivity index (χ4n) is 7.60. The second-order valence-corrected chi connectivity index (χ2v) is 19.4. The zero-order chi connectivity index (χ0) is 40.9. The van der Waals surface area contributed by atoms with Crippen molar-refractivity contribution < 1.29 is 37.9 Å². The minimum absolute atomic E-state index is 0.234. The lowest BCUT2D eigenvalue weighted by molar-refractivity contribution is 0.190. The van der Waals surface area contributed by atoms with E-state index in [0.29, 0.717) is 38.1 Å². The van der Waals surface area contributed by atoms with Crippen molar-refractivity contribution in [3.63, 3.8) is 0 Å². The summed E-state index contributed by atoms with van der Waals surface area (Å²) in [6.45, 7) is 0. The van der Waals surface area contributed by atoms with Gasteiger partial charge in [0, 0.05) is 0 Å². The molecule has 0 atom stereocenters. The lowest BCUT2D eigenvalue weighted by Crippen LogP contribution is -2.25. The van der Waals surface area contributed by atoms with Crippen LogP contribution in [0.1, 0.15) is 51.4 Å². The molecular weight excluding hydrogens is 781 g/mol. The SMILES string of the molecule is COc1cccc([Si]CCCC(CCC[Si]c2cccc(OC)c2OC)(CCC[Si]c2cccc(OC)c2OC)CCC[Si]c2cccc(OC)c2OC)c1OC. The van der Waals surface area contributed by atoms with Crippen LogP contribution in [0.5, 0.6) is 46.0 Å². The number of methoxy groups -OCH3 is 8. The van der Waals surface area contributed by atoms with E-state index in [9.17, 15) is 0 Å². The van der Waals surface area contributed by atoms with Crippen molar-refractivity contribution in [2.24, 2.45) is 5.41 Å². The summed E-state index contributed by atoms with van der Waals surface area (Å²) in [6.07, 6.45) is 9.49. The van der Waals surface area contributed by atoms with E-state index in [2.05, 4.69) is 48.5 Å². The van der Waals surface area contributed by atoms with Gasteiger partial charge in [-0.25, -0.2) is 0 Å². The molecule has 0 aliphatic carbocycles. The van der Waals surface area contributed by atoms with Crippen molar-refractivity contribution in [2.45, 2.75) is 75.5 Å². The summed E-state index contributed by atoms with van der Waals surface area (Å²) in [6, 6.07) is 29.4. The summed E-state index contributed by atoms with van der Waals surface area (Å²) in [5.41, 5.74) is 0.234. The van der Waals surface area contributed by atoms with Crippen molar-refractivity contribution in [3.8, 4) is 46.0 Å². The lowest BCUT2D eigenvalue weighted by Gasteiger charge is -2.35. The van der Waals surface area contributed by atoms with Crippen LogP contribution in [0.15, 0.2) is 72.8 Å². The fourth-order valence-corrected chi connectivity index (χ4v) is 12.5. The maximum Gasteiger partial charge on any atom is 0.160 e. The summed E-state index contributed by atoms with van der Waals surface area (Å²) >= 11 is 0. The highest BCUT2D eigenvalue weighted by atomic mass is 28.2. The highest BCUT2D eigenvalue weighted by molar-refractivity contribution is 6.56. The number of ether oxygens (including phenoxy) is 8. The number of para-hydroxylation sites is 4. The Hall–Kier alpha value is -3.85. The standard InChI is InChI=1S/C45H60O8Si4/c1-46-33-17-9-21-37(41(33)50-5)54-29-13-25-45(26-14-30-55-38-22-10-18-34(47-2)42(38)51-6,27-15-31-56-39-23-11-19-35(48-3)43(39)52-7)28-16-32-57-40-24-12-20-36(49-4)44(40)53-8/h9-12,17-24H,13-16,25-32H2,1-8H3. The van der Waals surface area contributed by atoms with Crippen molar-refractivity contribution in [1.82, 2.24) is 0 Å². The molecule has 4 rings (SSSR count). The Kier molecular flexibility index (Phi) is 20.0. The van der Waals surface area contributed by atoms with Gasteiger partial charge < -0.3 is 37.9 Å². The van der Waals surface area contributed by atoms with E-state index in [4.69, 9.17) is 37.9 Å². The Bertz CT molecular complexity index is 1530. The number of hydrogen-bond donors (Lipinski definition) is 0. The van der Waals surface area contributed by atoms with E-state index >= 15 is 0 Å². The van der Waals surface area contributed by atoms with Crippen LogP contribution in [0.4, 0.5) is 0 Å². The van der Waals surface area contributed by atoms with Gasteiger partial charge in [0.05, 0.1) is 95.0 Å². The van der Waals surface area contributed by atoms with Gasteiger partial charge in [-0.05, 0) is 76.1 Å². The molecule has 4 aromatic rings. The summed E-state index contributed by atoms with van der Waals surface area (Å²) < 4.78 is 45.7. The van der Waals surface area contributed by atoms with E-state index < -0.39 is 0 Å². The summed E-state index contributed by atoms with van der Waals surface area (Å²) in [5, 5.41) is 4.94. The maximum atomic E-state index is 5.80. The molecule has 0 aliphatic heterocycles. The van der Waals surface area contributed by atoms with Crippen LogP contribution in [0, 0.1) is 5.41 Å². The first-order valence-electron chi connectivity index (χ1n) is 19.7. The quantitative estimate of drug-likeness (QED) is 0.0450. The van der Waals surface area contributed by atoms with Crippen LogP contribution in [-0.2, 0) is 0 Å². The third-order valence-corrected chi connectivity index (χ3v) is 15.9. The zero-order valence-corrected chi connectivity index (χ0v) is 39.2. The van der Waals surface area contributed by atoms with Crippen LogP contribution >= 0.6 is 0 Å². The molecule has 0 saturated heterocycles. The molecule has 57 heavy (non-hydrogen) atoms. The van der Waals surface area contributed by atoms with E-state index in [0.717, 1.165) is 70.2 Å². The van der Waals surface area contributed by atoms with Crippen molar-refractivity contribution in [3.05, 3.63) is 72.8 Å². The molecule has 0 fully saturated rings. The molecule has 0 amide bonds. The highest BCUT2D eigenvalue weighted by Crippen LogP contribution is 2.42.